The number of nitrogens with zero attached hydrogens (tertiary/aromatic N) is 2. The molecule has 5 nitrogen and oxygen atoms in total. The number of hydrogen-bond donors (Lipinski definition) is 1. The summed E-state index contributed by atoms with van der Waals surface area (Å²) in [5.41, 5.74) is 1.01. The molecule has 0 saturated carbocycles. The summed E-state index contributed by atoms with van der Waals surface area (Å²) in [6, 6.07) is 13.3. The molecule has 0 atom stereocenters. The first kappa shape index (κ1) is 20.0. The van der Waals surface area contributed by atoms with Crippen LogP contribution in [0.5, 0.6) is 0 Å². The fourth-order valence-corrected chi connectivity index (χ4v) is 4.28. The lowest BCUT2D eigenvalue weighted by Crippen LogP contribution is -2.44. The Morgan fingerprint density at radius 2 is 1.67 bits per heavy atom. The van der Waals surface area contributed by atoms with Gasteiger partial charge in [-0.2, -0.15) is 0 Å². The van der Waals surface area contributed by atoms with Gasteiger partial charge in [0.2, 0.25) is 0 Å². The van der Waals surface area contributed by atoms with Gasteiger partial charge in [0, 0.05) is 16.5 Å². The standard InChI is InChI=1S/C23H19FN2O3S/c1-13-4-6-15(7-5-13)19-25-20-18(21(27)26(19)23(2,3)22(28)29)17(12-30-20)14-8-10-16(24)11-9-14/h4-12H,1-3H3,(H,28,29). The van der Waals surface area contributed by atoms with Crippen molar-refractivity contribution in [1.82, 2.24) is 9.55 Å². The lowest BCUT2D eigenvalue weighted by Gasteiger charge is -2.25. The summed E-state index contributed by atoms with van der Waals surface area (Å²) in [4.78, 5) is 30.9. The molecule has 2 heterocycles. The van der Waals surface area contributed by atoms with Crippen molar-refractivity contribution in [2.24, 2.45) is 0 Å². The predicted molar refractivity (Wildman–Crippen MR) is 116 cm³/mol. The Balaban J connectivity index is 2.08. The van der Waals surface area contributed by atoms with Crippen molar-refractivity contribution < 1.29 is 14.3 Å². The SMILES string of the molecule is Cc1ccc(-c2nc3scc(-c4ccc(F)cc4)c3c(=O)n2C(C)(C)C(=O)O)cc1. The van der Waals surface area contributed by atoms with Crippen LogP contribution in [-0.4, -0.2) is 20.6 Å². The van der Waals surface area contributed by atoms with Crippen molar-refractivity contribution in [3.8, 4) is 22.5 Å². The average Bonchev–Trinajstić information content (AvgIpc) is 3.13. The van der Waals surface area contributed by atoms with Crippen LogP contribution in [0.25, 0.3) is 32.7 Å². The zero-order valence-corrected chi connectivity index (χ0v) is 17.5. The highest BCUT2D eigenvalue weighted by Crippen LogP contribution is 2.34. The summed E-state index contributed by atoms with van der Waals surface area (Å²) in [6.45, 7) is 4.90. The Kier molecular flexibility index (Phi) is 4.78. The maximum Gasteiger partial charge on any atom is 0.329 e. The quantitative estimate of drug-likeness (QED) is 0.499. The number of carbonyl (C=O) groups is 1. The summed E-state index contributed by atoms with van der Waals surface area (Å²) in [6.07, 6.45) is 0. The minimum Gasteiger partial charge on any atom is -0.480 e. The highest BCUT2D eigenvalue weighted by molar-refractivity contribution is 7.17. The van der Waals surface area contributed by atoms with Gasteiger partial charge < -0.3 is 5.11 Å². The summed E-state index contributed by atoms with van der Waals surface area (Å²) in [5.74, 6) is -1.22. The largest absolute Gasteiger partial charge is 0.480 e. The van der Waals surface area contributed by atoms with Crippen molar-refractivity contribution >= 4 is 27.5 Å². The van der Waals surface area contributed by atoms with Gasteiger partial charge in [-0.3, -0.25) is 9.36 Å². The zero-order chi connectivity index (χ0) is 21.6. The van der Waals surface area contributed by atoms with Crippen LogP contribution in [0.1, 0.15) is 19.4 Å². The van der Waals surface area contributed by atoms with Crippen molar-refractivity contribution in [2.45, 2.75) is 26.3 Å². The molecule has 0 aliphatic rings. The van der Waals surface area contributed by atoms with Gasteiger partial charge in [-0.05, 0) is 38.5 Å². The second kappa shape index (κ2) is 7.18. The summed E-state index contributed by atoms with van der Waals surface area (Å²) in [5, 5.41) is 12.0. The van der Waals surface area contributed by atoms with E-state index in [1.165, 1.54) is 41.9 Å². The Morgan fingerprint density at radius 1 is 1.07 bits per heavy atom. The molecule has 0 spiro atoms. The average molecular weight is 422 g/mol. The number of benzene rings is 2. The van der Waals surface area contributed by atoms with E-state index in [2.05, 4.69) is 0 Å². The van der Waals surface area contributed by atoms with Gasteiger partial charge in [0.05, 0.1) is 5.39 Å². The van der Waals surface area contributed by atoms with Gasteiger partial charge in [-0.1, -0.05) is 42.0 Å². The number of carboxylic acid groups (broad SMARTS) is 1. The number of fused-ring (bicyclic) bond motifs is 1. The van der Waals surface area contributed by atoms with Crippen LogP contribution in [0, 0.1) is 12.7 Å². The van der Waals surface area contributed by atoms with Gasteiger partial charge in [-0.25, -0.2) is 14.2 Å². The molecule has 0 aliphatic heterocycles. The van der Waals surface area contributed by atoms with Crippen LogP contribution < -0.4 is 5.56 Å². The molecule has 0 amide bonds. The normalized spacial score (nSPS) is 11.7. The topological polar surface area (TPSA) is 72.2 Å². The van der Waals surface area contributed by atoms with Crippen LogP contribution in [0.4, 0.5) is 4.39 Å². The number of aliphatic carboxylic acids is 1. The molecule has 4 aromatic rings. The monoisotopic (exact) mass is 422 g/mol. The Hall–Kier alpha value is -3.32. The lowest BCUT2D eigenvalue weighted by molar-refractivity contribution is -0.145. The molecule has 0 unspecified atom stereocenters. The fourth-order valence-electron chi connectivity index (χ4n) is 3.34. The van der Waals surface area contributed by atoms with Crippen molar-refractivity contribution in [3.63, 3.8) is 0 Å². The number of thiophene rings is 1. The maximum atomic E-state index is 13.7. The molecule has 4 rings (SSSR count). The molecule has 0 fully saturated rings. The first-order valence-corrected chi connectivity index (χ1v) is 10.2. The minimum atomic E-state index is -1.53. The minimum absolute atomic E-state index is 0.299. The van der Waals surface area contributed by atoms with Gasteiger partial charge in [0.15, 0.2) is 0 Å². The molecule has 152 valence electrons. The third kappa shape index (κ3) is 3.21. The van der Waals surface area contributed by atoms with Crippen LogP contribution in [0.2, 0.25) is 0 Å². The Morgan fingerprint density at radius 3 is 2.27 bits per heavy atom. The summed E-state index contributed by atoms with van der Waals surface area (Å²) in [7, 11) is 0. The van der Waals surface area contributed by atoms with E-state index < -0.39 is 17.1 Å². The van der Waals surface area contributed by atoms with Gasteiger partial charge in [-0.15, -0.1) is 11.3 Å². The number of rotatable bonds is 4. The Labute approximate surface area is 176 Å². The summed E-state index contributed by atoms with van der Waals surface area (Å²) >= 11 is 1.30. The molecule has 7 heteroatoms. The smallest absolute Gasteiger partial charge is 0.329 e. The molecule has 0 bridgehead atoms. The first-order valence-electron chi connectivity index (χ1n) is 9.31. The van der Waals surface area contributed by atoms with Gasteiger partial charge in [0.25, 0.3) is 5.56 Å². The molecular formula is C23H19FN2O3S. The van der Waals surface area contributed by atoms with Crippen molar-refractivity contribution in [3.05, 3.63) is 75.6 Å². The molecule has 30 heavy (non-hydrogen) atoms. The Bertz CT molecular complexity index is 1320. The van der Waals surface area contributed by atoms with E-state index in [4.69, 9.17) is 4.98 Å². The fraction of sp³-hybridized carbons (Fsp3) is 0.174. The number of aromatic nitrogens is 2. The molecular weight excluding hydrogens is 403 g/mol. The molecule has 0 radical (unpaired) electrons. The van der Waals surface area contributed by atoms with Crippen LogP contribution >= 0.6 is 11.3 Å². The van der Waals surface area contributed by atoms with Crippen molar-refractivity contribution in [1.29, 1.82) is 0 Å². The number of aryl methyl sites for hydroxylation is 1. The zero-order valence-electron chi connectivity index (χ0n) is 16.6. The molecule has 0 aliphatic carbocycles. The van der Waals surface area contributed by atoms with E-state index in [1.807, 2.05) is 31.2 Å². The van der Waals surface area contributed by atoms with E-state index >= 15 is 0 Å². The second-order valence-corrected chi connectivity index (χ2v) is 8.50. The molecule has 2 aromatic carbocycles. The maximum absolute atomic E-state index is 13.7. The number of halogens is 1. The van der Waals surface area contributed by atoms with E-state index in [0.717, 1.165) is 5.56 Å². The van der Waals surface area contributed by atoms with E-state index in [9.17, 15) is 19.1 Å². The second-order valence-electron chi connectivity index (χ2n) is 7.64. The third-order valence-electron chi connectivity index (χ3n) is 5.16. The van der Waals surface area contributed by atoms with Crippen LogP contribution in [0.15, 0.2) is 58.7 Å². The highest BCUT2D eigenvalue weighted by atomic mass is 32.1. The number of hydrogen-bond acceptors (Lipinski definition) is 4. The highest BCUT2D eigenvalue weighted by Gasteiger charge is 2.34. The predicted octanol–water partition coefficient (Wildman–Crippen LogP) is 5.06. The van der Waals surface area contributed by atoms with E-state index in [1.54, 1.807) is 17.5 Å². The molecule has 1 N–H and O–H groups in total. The summed E-state index contributed by atoms with van der Waals surface area (Å²) < 4.78 is 14.6. The molecule has 0 saturated heterocycles. The first-order chi connectivity index (χ1) is 14.2. The van der Waals surface area contributed by atoms with Gasteiger partial charge in [0.1, 0.15) is 22.0 Å². The number of carboxylic acids is 1. The van der Waals surface area contributed by atoms with Crippen LogP contribution in [0.3, 0.4) is 0 Å². The lowest BCUT2D eigenvalue weighted by atomic mass is 10.0. The van der Waals surface area contributed by atoms with Gasteiger partial charge >= 0.3 is 5.97 Å². The van der Waals surface area contributed by atoms with E-state index in [-0.39, 0.29) is 5.82 Å². The third-order valence-corrected chi connectivity index (χ3v) is 6.03. The van der Waals surface area contributed by atoms with Crippen LogP contribution in [-0.2, 0) is 10.3 Å². The molecule has 2 aromatic heterocycles. The van der Waals surface area contributed by atoms with Crippen molar-refractivity contribution in [2.75, 3.05) is 0 Å². The van der Waals surface area contributed by atoms with E-state index in [0.29, 0.717) is 32.7 Å².